The Morgan fingerprint density at radius 2 is 1.29 bits per heavy atom. The molecule has 3 rings (SSSR count). The number of esters is 1. The topological polar surface area (TPSA) is 117 Å². The molecule has 1 aliphatic heterocycles. The van der Waals surface area contributed by atoms with Crippen LogP contribution in [-0.2, 0) is 19.1 Å². The standard InChI is InChI=1S/C42H76O7/c1-29(17-13-18-31(3)21-22-36-38(5,6)25-34(26-40(36,9)47)48-37(46)28-43)15-11-12-16-30(2)19-14-20-32(4)35(45)27-42-39(7,8)23-33(44)24-41(42,10)49-42/h29-34,36,43-44,47H,11-28H2,1-10H3/t29?,30?,31?,32?,33-,34-,36?,40+,41+,42-/m0/s1. The maximum Gasteiger partial charge on any atom is 0.332 e. The zero-order valence-corrected chi connectivity index (χ0v) is 33.2. The molecule has 3 N–H and O–H groups in total. The minimum atomic E-state index is -0.890. The summed E-state index contributed by atoms with van der Waals surface area (Å²) in [6.07, 6.45) is 16.5. The second-order valence-corrected chi connectivity index (χ2v) is 19.3. The van der Waals surface area contributed by atoms with E-state index < -0.39 is 23.8 Å². The summed E-state index contributed by atoms with van der Waals surface area (Å²) in [4.78, 5) is 24.9. The molecule has 49 heavy (non-hydrogen) atoms. The largest absolute Gasteiger partial charge is 0.461 e. The first-order valence-electron chi connectivity index (χ1n) is 20.1. The normalized spacial score (nSPS) is 34.3. The van der Waals surface area contributed by atoms with Crippen LogP contribution in [0.15, 0.2) is 0 Å². The molecule has 286 valence electrons. The van der Waals surface area contributed by atoms with Gasteiger partial charge in [-0.2, -0.15) is 0 Å². The van der Waals surface area contributed by atoms with Crippen LogP contribution in [0.4, 0.5) is 0 Å². The molecule has 7 nitrogen and oxygen atoms in total. The number of hydrogen-bond donors (Lipinski definition) is 3. The van der Waals surface area contributed by atoms with Crippen LogP contribution in [0.1, 0.15) is 178 Å². The van der Waals surface area contributed by atoms with Crippen LogP contribution < -0.4 is 0 Å². The summed E-state index contributed by atoms with van der Waals surface area (Å²) in [6, 6.07) is 0. The van der Waals surface area contributed by atoms with Gasteiger partial charge in [-0.05, 0) is 74.0 Å². The van der Waals surface area contributed by atoms with E-state index in [1.807, 2.05) is 6.92 Å². The molecule has 10 atom stereocenters. The monoisotopic (exact) mass is 693 g/mol. The van der Waals surface area contributed by atoms with E-state index in [0.29, 0.717) is 49.7 Å². The molecule has 1 heterocycles. The first-order valence-corrected chi connectivity index (χ1v) is 20.1. The van der Waals surface area contributed by atoms with E-state index in [0.717, 1.165) is 31.6 Å². The van der Waals surface area contributed by atoms with Crippen molar-refractivity contribution in [1.29, 1.82) is 0 Å². The van der Waals surface area contributed by atoms with Crippen molar-refractivity contribution in [1.82, 2.24) is 0 Å². The Labute approximate surface area is 300 Å². The third-order valence-corrected chi connectivity index (χ3v) is 13.5. The van der Waals surface area contributed by atoms with Crippen LogP contribution in [0.5, 0.6) is 0 Å². The summed E-state index contributed by atoms with van der Waals surface area (Å²) < 4.78 is 11.7. The first-order chi connectivity index (χ1) is 22.7. The predicted octanol–water partition coefficient (Wildman–Crippen LogP) is 8.97. The van der Waals surface area contributed by atoms with Crippen molar-refractivity contribution >= 4 is 11.8 Å². The van der Waals surface area contributed by atoms with Gasteiger partial charge >= 0.3 is 5.97 Å². The third-order valence-electron chi connectivity index (χ3n) is 13.5. The molecule has 0 aromatic rings. The SMILES string of the molecule is CC(CCCCC(C)CCCC(C)C(=O)C[C@@]12O[C@]1(C)C[C@@H](O)CC2(C)C)CCCC(C)CCC1C(C)(C)C[C@H](OC(=O)CO)C[C@@]1(C)O. The van der Waals surface area contributed by atoms with Crippen molar-refractivity contribution in [2.75, 3.05) is 6.61 Å². The highest BCUT2D eigenvalue weighted by Crippen LogP contribution is 2.67. The number of unbranched alkanes of at least 4 members (excludes halogenated alkanes) is 1. The average molecular weight is 693 g/mol. The summed E-state index contributed by atoms with van der Waals surface area (Å²) in [5.41, 5.74) is -1.99. The van der Waals surface area contributed by atoms with Crippen LogP contribution in [-0.4, -0.2) is 62.7 Å². The van der Waals surface area contributed by atoms with Crippen molar-refractivity contribution in [2.24, 2.45) is 40.4 Å². The van der Waals surface area contributed by atoms with Crippen molar-refractivity contribution in [3.05, 3.63) is 0 Å². The average Bonchev–Trinajstić information content (AvgIpc) is 3.58. The minimum absolute atomic E-state index is 0.0639. The van der Waals surface area contributed by atoms with E-state index in [2.05, 4.69) is 62.3 Å². The molecule has 0 aromatic carbocycles. The summed E-state index contributed by atoms with van der Waals surface area (Å²) in [6.45, 7) is 21.2. The number of hydrogen-bond acceptors (Lipinski definition) is 7. The minimum Gasteiger partial charge on any atom is -0.461 e. The van der Waals surface area contributed by atoms with Gasteiger partial charge in [0.2, 0.25) is 0 Å². The van der Waals surface area contributed by atoms with Gasteiger partial charge in [-0.1, -0.05) is 120 Å². The van der Waals surface area contributed by atoms with Gasteiger partial charge in [-0.25, -0.2) is 4.79 Å². The lowest BCUT2D eigenvalue weighted by atomic mass is 9.59. The third kappa shape index (κ3) is 11.2. The van der Waals surface area contributed by atoms with Crippen LogP contribution in [0.2, 0.25) is 0 Å². The van der Waals surface area contributed by atoms with E-state index >= 15 is 0 Å². The zero-order chi connectivity index (χ0) is 36.8. The Bertz CT molecular complexity index is 1050. The number of rotatable bonds is 21. The molecule has 2 aliphatic carbocycles. The van der Waals surface area contributed by atoms with E-state index in [1.54, 1.807) is 0 Å². The fraction of sp³-hybridized carbons (Fsp3) is 0.952. The lowest BCUT2D eigenvalue weighted by molar-refractivity contribution is -0.173. The molecule has 7 heteroatoms. The van der Waals surface area contributed by atoms with Gasteiger partial charge in [0.25, 0.3) is 0 Å². The fourth-order valence-corrected chi connectivity index (χ4v) is 10.4. The number of carbonyl (C=O) groups excluding carboxylic acids is 2. The van der Waals surface area contributed by atoms with E-state index in [1.165, 1.54) is 51.4 Å². The highest BCUT2D eigenvalue weighted by Gasteiger charge is 2.76. The number of ether oxygens (including phenoxy) is 2. The molecule has 0 bridgehead atoms. The van der Waals surface area contributed by atoms with Gasteiger partial charge in [0.1, 0.15) is 24.1 Å². The molecule has 3 aliphatic rings. The van der Waals surface area contributed by atoms with Crippen LogP contribution in [0, 0.1) is 40.4 Å². The molecule has 5 unspecified atom stereocenters. The van der Waals surface area contributed by atoms with Gasteiger partial charge in [-0.15, -0.1) is 0 Å². The van der Waals surface area contributed by atoms with E-state index in [9.17, 15) is 19.8 Å². The number of epoxide rings is 1. The Balaban J connectivity index is 1.23. The van der Waals surface area contributed by atoms with Crippen molar-refractivity contribution in [2.45, 2.75) is 207 Å². The molecule has 0 amide bonds. The van der Waals surface area contributed by atoms with Gasteiger partial charge in [-0.3, -0.25) is 4.79 Å². The number of Topliss-reactive ketones (excluding diaryl/α,β-unsaturated/α-hetero) is 1. The lowest BCUT2D eigenvalue weighted by Crippen LogP contribution is -2.52. The van der Waals surface area contributed by atoms with Gasteiger partial charge in [0, 0.05) is 25.2 Å². The van der Waals surface area contributed by atoms with Crippen molar-refractivity contribution < 1.29 is 34.4 Å². The predicted molar refractivity (Wildman–Crippen MR) is 197 cm³/mol. The number of ketones is 1. The molecule has 2 saturated carbocycles. The van der Waals surface area contributed by atoms with Crippen molar-refractivity contribution in [3.63, 3.8) is 0 Å². The number of aliphatic hydroxyl groups excluding tert-OH is 2. The molecular weight excluding hydrogens is 616 g/mol. The first kappa shape index (κ1) is 42.4. The summed E-state index contributed by atoms with van der Waals surface area (Å²) in [7, 11) is 0. The quantitative estimate of drug-likeness (QED) is 0.0625. The fourth-order valence-electron chi connectivity index (χ4n) is 10.4. The van der Waals surface area contributed by atoms with Crippen LogP contribution >= 0.6 is 0 Å². The second-order valence-electron chi connectivity index (χ2n) is 19.3. The zero-order valence-electron chi connectivity index (χ0n) is 33.2. The number of carbonyl (C=O) groups is 2. The number of aliphatic hydroxyl groups is 3. The smallest absolute Gasteiger partial charge is 0.332 e. The molecule has 0 radical (unpaired) electrons. The van der Waals surface area contributed by atoms with Crippen LogP contribution in [0.25, 0.3) is 0 Å². The highest BCUT2D eigenvalue weighted by molar-refractivity contribution is 5.82. The van der Waals surface area contributed by atoms with Gasteiger partial charge < -0.3 is 24.8 Å². The molecule has 0 aromatic heterocycles. The molecule has 3 fully saturated rings. The Kier molecular flexibility index (Phi) is 14.9. The Morgan fingerprint density at radius 1 is 0.755 bits per heavy atom. The van der Waals surface area contributed by atoms with E-state index in [4.69, 9.17) is 14.6 Å². The van der Waals surface area contributed by atoms with Crippen LogP contribution in [0.3, 0.4) is 0 Å². The summed E-state index contributed by atoms with van der Waals surface area (Å²) in [5, 5.41) is 30.7. The molecule has 0 spiro atoms. The van der Waals surface area contributed by atoms with Gasteiger partial charge in [0.15, 0.2) is 0 Å². The second kappa shape index (κ2) is 17.2. The maximum absolute atomic E-state index is 13.2. The van der Waals surface area contributed by atoms with Crippen molar-refractivity contribution in [3.8, 4) is 0 Å². The Morgan fingerprint density at radius 3 is 1.82 bits per heavy atom. The summed E-state index contributed by atoms with van der Waals surface area (Å²) in [5.74, 6) is 2.00. The molecule has 1 saturated heterocycles. The highest BCUT2D eigenvalue weighted by atomic mass is 16.6. The van der Waals surface area contributed by atoms with Gasteiger partial charge in [0.05, 0.1) is 17.3 Å². The Hall–Kier alpha value is -1.02. The summed E-state index contributed by atoms with van der Waals surface area (Å²) >= 11 is 0. The maximum atomic E-state index is 13.2. The molecular formula is C42H76O7. The lowest BCUT2D eigenvalue weighted by Gasteiger charge is -2.50. The number of fused-ring (bicyclic) bond motifs is 1. The van der Waals surface area contributed by atoms with E-state index in [-0.39, 0.29) is 40.5 Å².